The van der Waals surface area contributed by atoms with Gasteiger partial charge < -0.3 is 9.88 Å². The van der Waals surface area contributed by atoms with Gasteiger partial charge in [0, 0.05) is 6.54 Å². The highest BCUT2D eigenvalue weighted by Crippen LogP contribution is 2.21. The fraction of sp³-hybridized carbons (Fsp3) is 0.562. The Bertz CT molecular complexity index is 647. The lowest BCUT2D eigenvalue weighted by atomic mass is 9.96. The summed E-state index contributed by atoms with van der Waals surface area (Å²) in [6.07, 6.45) is 2.39. The molecular formula is C16H23N3O. The molecule has 1 aliphatic rings. The van der Waals surface area contributed by atoms with E-state index in [4.69, 9.17) is 0 Å². The zero-order valence-corrected chi connectivity index (χ0v) is 12.4. The number of benzene rings is 1. The Morgan fingerprint density at radius 3 is 2.75 bits per heavy atom. The highest BCUT2D eigenvalue weighted by Gasteiger charge is 2.20. The van der Waals surface area contributed by atoms with Gasteiger partial charge in [-0.25, -0.2) is 4.79 Å². The van der Waals surface area contributed by atoms with Crippen LogP contribution in [0.5, 0.6) is 0 Å². The number of nitrogens with one attached hydrogen (secondary N) is 1. The molecule has 0 atom stereocenters. The highest BCUT2D eigenvalue weighted by molar-refractivity contribution is 5.78. The number of piperidine rings is 1. The first-order valence-corrected chi connectivity index (χ1v) is 7.59. The van der Waals surface area contributed by atoms with Crippen LogP contribution in [-0.2, 0) is 6.54 Å². The van der Waals surface area contributed by atoms with Gasteiger partial charge in [0.15, 0.2) is 0 Å². The van der Waals surface area contributed by atoms with Crippen LogP contribution in [0.4, 0.5) is 0 Å². The second kappa shape index (κ2) is 5.44. The van der Waals surface area contributed by atoms with Crippen molar-refractivity contribution in [3.63, 3.8) is 0 Å². The molecule has 20 heavy (non-hydrogen) atoms. The molecule has 0 spiro atoms. The molecule has 1 aliphatic heterocycles. The molecule has 2 heterocycles. The fourth-order valence-electron chi connectivity index (χ4n) is 3.25. The van der Waals surface area contributed by atoms with Crippen molar-refractivity contribution in [1.82, 2.24) is 14.5 Å². The predicted octanol–water partition coefficient (Wildman–Crippen LogP) is 2.37. The Balaban J connectivity index is 1.83. The van der Waals surface area contributed by atoms with E-state index >= 15 is 0 Å². The van der Waals surface area contributed by atoms with Crippen LogP contribution < -0.4 is 5.69 Å². The zero-order valence-electron chi connectivity index (χ0n) is 12.4. The topological polar surface area (TPSA) is 41.0 Å². The summed E-state index contributed by atoms with van der Waals surface area (Å²) in [5, 5.41) is 0. The third kappa shape index (κ3) is 2.40. The molecular weight excluding hydrogens is 250 g/mol. The average molecular weight is 273 g/mol. The Morgan fingerprint density at radius 2 is 2.05 bits per heavy atom. The first kappa shape index (κ1) is 13.4. The first-order chi connectivity index (χ1) is 9.69. The van der Waals surface area contributed by atoms with Crippen molar-refractivity contribution in [1.29, 1.82) is 0 Å². The van der Waals surface area contributed by atoms with E-state index in [1.54, 1.807) is 0 Å². The molecule has 0 saturated carbocycles. The van der Waals surface area contributed by atoms with Crippen molar-refractivity contribution in [2.45, 2.75) is 33.2 Å². The molecule has 1 aromatic heterocycles. The summed E-state index contributed by atoms with van der Waals surface area (Å²) in [6, 6.07) is 6.12. The Morgan fingerprint density at radius 1 is 1.30 bits per heavy atom. The summed E-state index contributed by atoms with van der Waals surface area (Å²) < 4.78 is 1.93. The van der Waals surface area contributed by atoms with Crippen molar-refractivity contribution in [2.75, 3.05) is 19.6 Å². The molecule has 0 bridgehead atoms. The summed E-state index contributed by atoms with van der Waals surface area (Å²) in [6.45, 7) is 8.57. The Kier molecular flexibility index (Phi) is 3.66. The van der Waals surface area contributed by atoms with Gasteiger partial charge in [-0.2, -0.15) is 0 Å². The SMILES string of the molecule is CCN1CCC(Cn2c(=O)[nH]c3c(C)cccc32)CC1. The number of imidazole rings is 1. The number of para-hydroxylation sites is 1. The molecule has 0 amide bonds. The molecule has 3 rings (SSSR count). The van der Waals surface area contributed by atoms with Crippen molar-refractivity contribution >= 4 is 11.0 Å². The van der Waals surface area contributed by atoms with Gasteiger partial charge in [0.2, 0.25) is 0 Å². The zero-order chi connectivity index (χ0) is 14.1. The minimum Gasteiger partial charge on any atom is -0.305 e. The maximum atomic E-state index is 12.2. The lowest BCUT2D eigenvalue weighted by Crippen LogP contribution is -2.35. The largest absolute Gasteiger partial charge is 0.326 e. The molecule has 0 radical (unpaired) electrons. The smallest absolute Gasteiger partial charge is 0.305 e. The summed E-state index contributed by atoms with van der Waals surface area (Å²) >= 11 is 0. The van der Waals surface area contributed by atoms with Crippen LogP contribution in [0.15, 0.2) is 23.0 Å². The van der Waals surface area contributed by atoms with Crippen LogP contribution in [0.25, 0.3) is 11.0 Å². The third-order valence-electron chi connectivity index (χ3n) is 4.61. The normalized spacial score (nSPS) is 17.9. The number of aromatic amines is 1. The second-order valence-corrected chi connectivity index (χ2v) is 5.89. The van der Waals surface area contributed by atoms with Crippen molar-refractivity contribution in [2.24, 2.45) is 5.92 Å². The first-order valence-electron chi connectivity index (χ1n) is 7.59. The number of aryl methyl sites for hydroxylation is 1. The van der Waals surface area contributed by atoms with Crippen LogP contribution in [-0.4, -0.2) is 34.1 Å². The van der Waals surface area contributed by atoms with Crippen LogP contribution >= 0.6 is 0 Å². The van der Waals surface area contributed by atoms with Gasteiger partial charge in [-0.3, -0.25) is 4.57 Å². The van der Waals surface area contributed by atoms with Crippen LogP contribution in [0.2, 0.25) is 0 Å². The van der Waals surface area contributed by atoms with Gasteiger partial charge in [0.1, 0.15) is 0 Å². The van der Waals surface area contributed by atoms with E-state index in [2.05, 4.69) is 16.8 Å². The molecule has 1 saturated heterocycles. The van der Waals surface area contributed by atoms with Gasteiger partial charge in [-0.15, -0.1) is 0 Å². The summed E-state index contributed by atoms with van der Waals surface area (Å²) in [4.78, 5) is 17.7. The van der Waals surface area contributed by atoms with Crippen molar-refractivity contribution in [3.8, 4) is 0 Å². The van der Waals surface area contributed by atoms with E-state index in [0.29, 0.717) is 5.92 Å². The quantitative estimate of drug-likeness (QED) is 0.932. The number of likely N-dealkylation sites (tertiary alicyclic amines) is 1. The van der Waals surface area contributed by atoms with Gasteiger partial charge in [0.25, 0.3) is 0 Å². The number of hydrogen-bond acceptors (Lipinski definition) is 2. The maximum Gasteiger partial charge on any atom is 0.326 e. The van der Waals surface area contributed by atoms with Crippen molar-refractivity contribution in [3.05, 3.63) is 34.2 Å². The van der Waals surface area contributed by atoms with Gasteiger partial charge in [-0.1, -0.05) is 19.1 Å². The second-order valence-electron chi connectivity index (χ2n) is 5.89. The third-order valence-corrected chi connectivity index (χ3v) is 4.61. The van der Waals surface area contributed by atoms with E-state index in [0.717, 1.165) is 42.8 Å². The number of rotatable bonds is 3. The number of H-pyrrole nitrogens is 1. The lowest BCUT2D eigenvalue weighted by Gasteiger charge is -2.31. The Hall–Kier alpha value is -1.55. The minimum absolute atomic E-state index is 0.0345. The summed E-state index contributed by atoms with van der Waals surface area (Å²) in [5.41, 5.74) is 3.21. The fourth-order valence-corrected chi connectivity index (χ4v) is 3.25. The molecule has 1 aromatic carbocycles. The number of hydrogen-bond donors (Lipinski definition) is 1. The van der Waals surface area contributed by atoms with Crippen LogP contribution in [0, 0.1) is 12.8 Å². The lowest BCUT2D eigenvalue weighted by molar-refractivity contribution is 0.181. The minimum atomic E-state index is 0.0345. The van der Waals surface area contributed by atoms with Gasteiger partial charge in [0.05, 0.1) is 11.0 Å². The summed E-state index contributed by atoms with van der Waals surface area (Å²) in [7, 11) is 0. The van der Waals surface area contributed by atoms with Crippen molar-refractivity contribution < 1.29 is 0 Å². The number of aromatic nitrogens is 2. The van der Waals surface area contributed by atoms with Crippen LogP contribution in [0.3, 0.4) is 0 Å². The Labute approximate surface area is 119 Å². The average Bonchev–Trinajstić information content (AvgIpc) is 2.78. The van der Waals surface area contributed by atoms with E-state index < -0.39 is 0 Å². The number of fused-ring (bicyclic) bond motifs is 1. The molecule has 108 valence electrons. The summed E-state index contributed by atoms with van der Waals surface area (Å²) in [5.74, 6) is 0.620. The molecule has 0 unspecified atom stereocenters. The monoisotopic (exact) mass is 273 g/mol. The van der Waals surface area contributed by atoms with E-state index in [1.165, 1.54) is 12.8 Å². The number of nitrogens with zero attached hydrogens (tertiary/aromatic N) is 2. The van der Waals surface area contributed by atoms with E-state index in [9.17, 15) is 4.79 Å². The van der Waals surface area contributed by atoms with E-state index in [-0.39, 0.29) is 5.69 Å². The van der Waals surface area contributed by atoms with E-state index in [1.807, 2.05) is 29.7 Å². The molecule has 1 N–H and O–H groups in total. The van der Waals surface area contributed by atoms with Crippen LogP contribution in [0.1, 0.15) is 25.3 Å². The molecule has 2 aromatic rings. The molecule has 4 nitrogen and oxygen atoms in total. The van der Waals surface area contributed by atoms with Gasteiger partial charge in [-0.05, 0) is 56.9 Å². The molecule has 4 heteroatoms. The molecule has 0 aliphatic carbocycles. The molecule has 1 fully saturated rings. The van der Waals surface area contributed by atoms with Gasteiger partial charge >= 0.3 is 5.69 Å². The maximum absolute atomic E-state index is 12.2. The predicted molar refractivity (Wildman–Crippen MR) is 82.1 cm³/mol. The highest BCUT2D eigenvalue weighted by atomic mass is 16.1. The standard InChI is InChI=1S/C16H23N3O/c1-3-18-9-7-13(8-10-18)11-19-14-6-4-5-12(2)15(14)17-16(19)20/h4-6,13H,3,7-11H2,1-2H3,(H,17,20).